The van der Waals surface area contributed by atoms with Crippen LogP contribution < -0.4 is 14.8 Å². The molecule has 2 aromatic rings. The molecule has 0 aliphatic carbocycles. The number of ether oxygens (including phenoxy) is 2. The summed E-state index contributed by atoms with van der Waals surface area (Å²) in [6.07, 6.45) is 0. The number of hydrogen-bond donors (Lipinski definition) is 1. The molecule has 0 unspecified atom stereocenters. The van der Waals surface area contributed by atoms with Gasteiger partial charge in [-0.1, -0.05) is 12.1 Å². The lowest BCUT2D eigenvalue weighted by Gasteiger charge is -2.10. The van der Waals surface area contributed by atoms with Gasteiger partial charge < -0.3 is 14.8 Å². The van der Waals surface area contributed by atoms with Crippen LogP contribution in [0.3, 0.4) is 0 Å². The van der Waals surface area contributed by atoms with Gasteiger partial charge in [0.05, 0.1) is 0 Å². The van der Waals surface area contributed by atoms with Gasteiger partial charge in [-0.2, -0.15) is 0 Å². The number of nitrogens with one attached hydrogen (secondary N) is 1. The normalized spacial score (nSPS) is 12.5. The van der Waals surface area contributed by atoms with E-state index in [4.69, 9.17) is 9.47 Å². The zero-order chi connectivity index (χ0) is 13.2. The Morgan fingerprint density at radius 2 is 2.00 bits per heavy atom. The third-order valence-corrected chi connectivity index (χ3v) is 3.19. The van der Waals surface area contributed by atoms with Crippen molar-refractivity contribution in [2.45, 2.75) is 13.5 Å². The van der Waals surface area contributed by atoms with Gasteiger partial charge in [-0.3, -0.25) is 0 Å². The molecule has 0 spiro atoms. The van der Waals surface area contributed by atoms with Crippen molar-refractivity contribution >= 4 is 5.69 Å². The Balaban J connectivity index is 1.74. The minimum atomic E-state index is -0.198. The first kappa shape index (κ1) is 11.8. The molecular formula is C15H14FNO2. The first-order valence-electron chi connectivity index (χ1n) is 6.11. The summed E-state index contributed by atoms with van der Waals surface area (Å²) < 4.78 is 24.0. The fourth-order valence-electron chi connectivity index (χ4n) is 2.05. The van der Waals surface area contributed by atoms with E-state index in [1.807, 2.05) is 24.3 Å². The number of rotatable bonds is 3. The number of anilines is 1. The van der Waals surface area contributed by atoms with Crippen molar-refractivity contribution in [2.75, 3.05) is 12.1 Å². The van der Waals surface area contributed by atoms with Crippen LogP contribution in [0.2, 0.25) is 0 Å². The highest BCUT2D eigenvalue weighted by atomic mass is 19.1. The molecule has 0 saturated carbocycles. The second-order valence-electron chi connectivity index (χ2n) is 4.45. The van der Waals surface area contributed by atoms with E-state index in [1.165, 1.54) is 6.07 Å². The first-order chi connectivity index (χ1) is 9.24. The quantitative estimate of drug-likeness (QED) is 0.915. The average molecular weight is 259 g/mol. The lowest BCUT2D eigenvalue weighted by molar-refractivity contribution is 0.174. The molecule has 4 heteroatoms. The van der Waals surface area contributed by atoms with E-state index in [-0.39, 0.29) is 12.6 Å². The molecule has 0 saturated heterocycles. The summed E-state index contributed by atoms with van der Waals surface area (Å²) in [4.78, 5) is 0. The minimum absolute atomic E-state index is 0.198. The zero-order valence-electron chi connectivity index (χ0n) is 10.6. The van der Waals surface area contributed by atoms with Crippen LogP contribution in [0, 0.1) is 12.7 Å². The maximum Gasteiger partial charge on any atom is 0.231 e. The monoisotopic (exact) mass is 259 g/mol. The van der Waals surface area contributed by atoms with Crippen LogP contribution in [0.5, 0.6) is 11.5 Å². The van der Waals surface area contributed by atoms with Crippen molar-refractivity contribution in [3.63, 3.8) is 0 Å². The van der Waals surface area contributed by atoms with Crippen molar-refractivity contribution < 1.29 is 13.9 Å². The highest BCUT2D eigenvalue weighted by Crippen LogP contribution is 2.32. The van der Waals surface area contributed by atoms with Crippen molar-refractivity contribution in [1.29, 1.82) is 0 Å². The van der Waals surface area contributed by atoms with Gasteiger partial charge in [0.1, 0.15) is 5.82 Å². The standard InChI is InChI=1S/C15H14FNO2/c1-10-12(16)3-2-4-13(10)17-8-11-5-6-14-15(7-11)19-9-18-14/h2-7,17H,8-9H2,1H3. The molecule has 0 amide bonds. The zero-order valence-corrected chi connectivity index (χ0v) is 10.6. The second kappa shape index (κ2) is 4.80. The molecule has 3 rings (SSSR count). The molecular weight excluding hydrogens is 245 g/mol. The second-order valence-corrected chi connectivity index (χ2v) is 4.45. The van der Waals surface area contributed by atoms with E-state index in [2.05, 4.69) is 5.32 Å². The Hall–Kier alpha value is -2.23. The minimum Gasteiger partial charge on any atom is -0.454 e. The van der Waals surface area contributed by atoms with Gasteiger partial charge in [0, 0.05) is 17.8 Å². The highest BCUT2D eigenvalue weighted by Gasteiger charge is 2.13. The van der Waals surface area contributed by atoms with Gasteiger partial charge in [0.2, 0.25) is 6.79 Å². The molecule has 2 aromatic carbocycles. The Morgan fingerprint density at radius 1 is 1.16 bits per heavy atom. The summed E-state index contributed by atoms with van der Waals surface area (Å²) >= 11 is 0. The Labute approximate surface area is 111 Å². The van der Waals surface area contributed by atoms with Crippen LogP contribution >= 0.6 is 0 Å². The molecule has 1 aliphatic heterocycles. The van der Waals surface area contributed by atoms with Gasteiger partial charge in [-0.25, -0.2) is 4.39 Å². The summed E-state index contributed by atoms with van der Waals surface area (Å²) in [6, 6.07) is 10.8. The van der Waals surface area contributed by atoms with E-state index in [1.54, 1.807) is 13.0 Å². The van der Waals surface area contributed by atoms with E-state index < -0.39 is 0 Å². The molecule has 3 nitrogen and oxygen atoms in total. The molecule has 0 radical (unpaired) electrons. The molecule has 19 heavy (non-hydrogen) atoms. The van der Waals surface area contributed by atoms with Crippen LogP contribution in [0.4, 0.5) is 10.1 Å². The van der Waals surface area contributed by atoms with Crippen LogP contribution in [0.25, 0.3) is 0 Å². The van der Waals surface area contributed by atoms with E-state index in [9.17, 15) is 4.39 Å². The third kappa shape index (κ3) is 2.34. The Kier molecular flexibility index (Phi) is 2.99. The van der Waals surface area contributed by atoms with Gasteiger partial charge in [0.15, 0.2) is 11.5 Å². The van der Waals surface area contributed by atoms with E-state index in [0.717, 1.165) is 22.7 Å². The van der Waals surface area contributed by atoms with Gasteiger partial charge in [-0.15, -0.1) is 0 Å². The number of fused-ring (bicyclic) bond motifs is 1. The maximum absolute atomic E-state index is 13.4. The fourth-order valence-corrected chi connectivity index (χ4v) is 2.05. The van der Waals surface area contributed by atoms with Crippen molar-refractivity contribution in [3.8, 4) is 11.5 Å². The molecule has 0 atom stereocenters. The predicted molar refractivity (Wildman–Crippen MR) is 71.0 cm³/mol. The third-order valence-electron chi connectivity index (χ3n) is 3.19. The molecule has 98 valence electrons. The van der Waals surface area contributed by atoms with Gasteiger partial charge >= 0.3 is 0 Å². The SMILES string of the molecule is Cc1c(F)cccc1NCc1ccc2c(c1)OCO2. The van der Waals surface area contributed by atoms with Crippen molar-refractivity contribution in [2.24, 2.45) is 0 Å². The molecule has 1 aliphatic rings. The summed E-state index contributed by atoms with van der Waals surface area (Å²) in [7, 11) is 0. The summed E-state index contributed by atoms with van der Waals surface area (Å²) in [5, 5.41) is 3.22. The predicted octanol–water partition coefficient (Wildman–Crippen LogP) is 3.47. The van der Waals surface area contributed by atoms with Crippen LogP contribution in [0.1, 0.15) is 11.1 Å². The summed E-state index contributed by atoms with van der Waals surface area (Å²) in [5.74, 6) is 1.33. The Bertz CT molecular complexity index is 613. The smallest absolute Gasteiger partial charge is 0.231 e. The highest BCUT2D eigenvalue weighted by molar-refractivity contribution is 5.52. The topological polar surface area (TPSA) is 30.5 Å². The van der Waals surface area contributed by atoms with Crippen LogP contribution in [-0.2, 0) is 6.54 Å². The summed E-state index contributed by atoms with van der Waals surface area (Å²) in [5.41, 5.74) is 2.49. The maximum atomic E-state index is 13.4. The van der Waals surface area contributed by atoms with E-state index in [0.29, 0.717) is 12.1 Å². The molecule has 0 aromatic heterocycles. The number of hydrogen-bond acceptors (Lipinski definition) is 3. The van der Waals surface area contributed by atoms with Gasteiger partial charge in [-0.05, 0) is 36.8 Å². The first-order valence-corrected chi connectivity index (χ1v) is 6.11. The number of halogens is 1. The molecule has 1 N–H and O–H groups in total. The van der Waals surface area contributed by atoms with Crippen molar-refractivity contribution in [3.05, 3.63) is 53.3 Å². The summed E-state index contributed by atoms with van der Waals surface area (Å²) in [6.45, 7) is 2.65. The number of benzene rings is 2. The van der Waals surface area contributed by atoms with Gasteiger partial charge in [0.25, 0.3) is 0 Å². The molecule has 1 heterocycles. The lowest BCUT2D eigenvalue weighted by atomic mass is 10.1. The van der Waals surface area contributed by atoms with E-state index >= 15 is 0 Å². The molecule has 0 fully saturated rings. The average Bonchev–Trinajstić information content (AvgIpc) is 2.88. The lowest BCUT2D eigenvalue weighted by Crippen LogP contribution is -2.02. The Morgan fingerprint density at radius 3 is 2.89 bits per heavy atom. The largest absolute Gasteiger partial charge is 0.454 e. The van der Waals surface area contributed by atoms with Crippen LogP contribution in [0.15, 0.2) is 36.4 Å². The fraction of sp³-hybridized carbons (Fsp3) is 0.200. The van der Waals surface area contributed by atoms with Crippen molar-refractivity contribution in [1.82, 2.24) is 0 Å². The molecule has 0 bridgehead atoms. The van der Waals surface area contributed by atoms with Crippen LogP contribution in [-0.4, -0.2) is 6.79 Å².